The molecule has 5 heteroatoms. The van der Waals surface area contributed by atoms with E-state index < -0.39 is 0 Å². The van der Waals surface area contributed by atoms with Gasteiger partial charge in [0.2, 0.25) is 5.88 Å². The molecule has 0 spiro atoms. The van der Waals surface area contributed by atoms with Crippen molar-refractivity contribution in [3.8, 4) is 34.5 Å². The predicted molar refractivity (Wildman–Crippen MR) is 87.5 cm³/mol. The van der Waals surface area contributed by atoms with Crippen molar-refractivity contribution in [1.29, 1.82) is 0 Å². The van der Waals surface area contributed by atoms with E-state index in [2.05, 4.69) is 9.97 Å². The zero-order chi connectivity index (χ0) is 16.1. The van der Waals surface area contributed by atoms with Crippen LogP contribution in [0.1, 0.15) is 13.8 Å². The van der Waals surface area contributed by atoms with Gasteiger partial charge in [-0.1, -0.05) is 30.3 Å². The summed E-state index contributed by atoms with van der Waals surface area (Å²) in [6.45, 7) is 4.80. The molecule has 0 amide bonds. The van der Waals surface area contributed by atoms with Crippen LogP contribution in [0, 0.1) is 0 Å². The molecule has 0 radical (unpaired) electrons. The van der Waals surface area contributed by atoms with Crippen LogP contribution < -0.4 is 9.47 Å². The minimum Gasteiger partial charge on any atom is -0.477 e. The molecule has 1 aromatic carbocycles. The van der Waals surface area contributed by atoms with Gasteiger partial charge in [-0.2, -0.15) is 4.98 Å². The van der Waals surface area contributed by atoms with Gasteiger partial charge in [0.15, 0.2) is 0 Å². The predicted octanol–water partition coefficient (Wildman–Crippen LogP) is 4.20. The number of hydrogen-bond acceptors (Lipinski definition) is 5. The molecule has 0 aliphatic carbocycles. The molecular weight excluding hydrogens is 292 g/mol. The Kier molecular flexibility index (Phi) is 4.57. The van der Waals surface area contributed by atoms with Crippen LogP contribution in [0.2, 0.25) is 0 Å². The maximum absolute atomic E-state index is 5.94. The molecule has 0 unspecified atom stereocenters. The zero-order valence-electron chi connectivity index (χ0n) is 13.2. The van der Waals surface area contributed by atoms with Crippen molar-refractivity contribution in [2.24, 2.45) is 0 Å². The molecule has 0 saturated heterocycles. The summed E-state index contributed by atoms with van der Waals surface area (Å²) in [7, 11) is 0. The van der Waals surface area contributed by atoms with Crippen molar-refractivity contribution in [2.75, 3.05) is 13.2 Å². The molecule has 0 aliphatic rings. The quantitative estimate of drug-likeness (QED) is 0.683. The molecule has 0 aliphatic heterocycles. The van der Waals surface area contributed by atoms with E-state index in [0.717, 1.165) is 11.3 Å². The highest BCUT2D eigenvalue weighted by atomic mass is 16.5. The van der Waals surface area contributed by atoms with Crippen LogP contribution in [0.15, 0.2) is 53.1 Å². The van der Waals surface area contributed by atoms with Crippen molar-refractivity contribution < 1.29 is 13.9 Å². The molecule has 0 atom stereocenters. The smallest absolute Gasteiger partial charge is 0.319 e. The van der Waals surface area contributed by atoms with Gasteiger partial charge in [0.05, 0.1) is 18.8 Å². The first-order valence-electron chi connectivity index (χ1n) is 7.60. The first-order valence-corrected chi connectivity index (χ1v) is 7.60. The number of ether oxygens (including phenoxy) is 2. The van der Waals surface area contributed by atoms with E-state index in [0.29, 0.717) is 36.4 Å². The SMILES string of the molecule is CCOc1ncc(-c2ccc(-c3ccccc3)o2)c(OCC)n1. The second-order valence-electron chi connectivity index (χ2n) is 4.77. The molecular formula is C18H18N2O3. The van der Waals surface area contributed by atoms with Gasteiger partial charge in [0.25, 0.3) is 0 Å². The largest absolute Gasteiger partial charge is 0.477 e. The van der Waals surface area contributed by atoms with Crippen molar-refractivity contribution in [1.82, 2.24) is 9.97 Å². The number of aromatic nitrogens is 2. The highest BCUT2D eigenvalue weighted by molar-refractivity contribution is 5.67. The van der Waals surface area contributed by atoms with Crippen LogP contribution in [-0.2, 0) is 0 Å². The monoisotopic (exact) mass is 310 g/mol. The molecule has 0 N–H and O–H groups in total. The fraction of sp³-hybridized carbons (Fsp3) is 0.222. The van der Waals surface area contributed by atoms with Gasteiger partial charge in [-0.25, -0.2) is 4.98 Å². The van der Waals surface area contributed by atoms with Crippen LogP contribution in [-0.4, -0.2) is 23.2 Å². The summed E-state index contributed by atoms with van der Waals surface area (Å²) >= 11 is 0. The lowest BCUT2D eigenvalue weighted by Gasteiger charge is -2.08. The fourth-order valence-electron chi connectivity index (χ4n) is 2.21. The summed E-state index contributed by atoms with van der Waals surface area (Å²) in [4.78, 5) is 8.49. The Balaban J connectivity index is 1.96. The van der Waals surface area contributed by atoms with Gasteiger partial charge < -0.3 is 13.9 Å². The van der Waals surface area contributed by atoms with Crippen LogP contribution in [0.4, 0.5) is 0 Å². The van der Waals surface area contributed by atoms with Crippen molar-refractivity contribution in [3.63, 3.8) is 0 Å². The van der Waals surface area contributed by atoms with E-state index in [9.17, 15) is 0 Å². The molecule has 2 aromatic heterocycles. The maximum Gasteiger partial charge on any atom is 0.319 e. The first-order chi connectivity index (χ1) is 11.3. The molecule has 118 valence electrons. The molecule has 3 aromatic rings. The Labute approximate surface area is 134 Å². The number of benzene rings is 1. The van der Waals surface area contributed by atoms with Gasteiger partial charge in [-0.05, 0) is 26.0 Å². The topological polar surface area (TPSA) is 57.4 Å². The van der Waals surface area contributed by atoms with E-state index in [1.807, 2.05) is 56.3 Å². The summed E-state index contributed by atoms with van der Waals surface area (Å²) < 4.78 is 16.9. The highest BCUT2D eigenvalue weighted by Gasteiger charge is 2.15. The summed E-state index contributed by atoms with van der Waals surface area (Å²) in [5, 5.41) is 0. The molecule has 23 heavy (non-hydrogen) atoms. The lowest BCUT2D eigenvalue weighted by molar-refractivity contribution is 0.289. The summed E-state index contributed by atoms with van der Waals surface area (Å²) in [5.74, 6) is 1.91. The van der Waals surface area contributed by atoms with Crippen LogP contribution in [0.5, 0.6) is 11.9 Å². The second kappa shape index (κ2) is 6.96. The van der Waals surface area contributed by atoms with Crippen LogP contribution in [0.25, 0.3) is 22.6 Å². The number of rotatable bonds is 6. The van der Waals surface area contributed by atoms with E-state index in [4.69, 9.17) is 13.9 Å². The minimum atomic E-state index is 0.300. The maximum atomic E-state index is 5.94. The molecule has 2 heterocycles. The van der Waals surface area contributed by atoms with Gasteiger partial charge in [0.1, 0.15) is 11.5 Å². The standard InChI is InChI=1S/C18H18N2O3/c1-3-21-17-14(12-19-18(20-17)22-4-2)16-11-10-15(23-16)13-8-6-5-7-9-13/h5-12H,3-4H2,1-2H3. The average Bonchev–Trinajstić information content (AvgIpc) is 3.06. The Bertz CT molecular complexity index is 769. The van der Waals surface area contributed by atoms with E-state index in [1.54, 1.807) is 6.20 Å². The molecule has 5 nitrogen and oxygen atoms in total. The van der Waals surface area contributed by atoms with Gasteiger partial charge >= 0.3 is 6.01 Å². The van der Waals surface area contributed by atoms with Gasteiger partial charge in [-0.15, -0.1) is 0 Å². The summed E-state index contributed by atoms with van der Waals surface area (Å²) in [6.07, 6.45) is 1.66. The number of nitrogens with zero attached hydrogens (tertiary/aromatic N) is 2. The minimum absolute atomic E-state index is 0.300. The third-order valence-electron chi connectivity index (χ3n) is 3.22. The van der Waals surface area contributed by atoms with Crippen molar-refractivity contribution in [2.45, 2.75) is 13.8 Å². The third kappa shape index (κ3) is 3.34. The Morgan fingerprint density at radius 3 is 2.39 bits per heavy atom. The molecule has 0 saturated carbocycles. The lowest BCUT2D eigenvalue weighted by atomic mass is 10.2. The van der Waals surface area contributed by atoms with Crippen LogP contribution in [0.3, 0.4) is 0 Å². The van der Waals surface area contributed by atoms with Crippen molar-refractivity contribution >= 4 is 0 Å². The van der Waals surface area contributed by atoms with E-state index >= 15 is 0 Å². The zero-order valence-corrected chi connectivity index (χ0v) is 13.2. The Morgan fingerprint density at radius 1 is 0.913 bits per heavy atom. The lowest BCUT2D eigenvalue weighted by Crippen LogP contribution is -2.02. The van der Waals surface area contributed by atoms with E-state index in [-0.39, 0.29) is 0 Å². The summed E-state index contributed by atoms with van der Waals surface area (Å²) in [5.41, 5.74) is 1.72. The second-order valence-corrected chi connectivity index (χ2v) is 4.77. The number of hydrogen-bond donors (Lipinski definition) is 0. The molecule has 3 rings (SSSR count). The van der Waals surface area contributed by atoms with Gasteiger partial charge in [0, 0.05) is 11.8 Å². The third-order valence-corrected chi connectivity index (χ3v) is 3.22. The molecule has 0 fully saturated rings. The van der Waals surface area contributed by atoms with Crippen LogP contribution >= 0.6 is 0 Å². The number of furan rings is 1. The Hall–Kier alpha value is -2.82. The van der Waals surface area contributed by atoms with Gasteiger partial charge in [-0.3, -0.25) is 0 Å². The fourth-order valence-corrected chi connectivity index (χ4v) is 2.21. The molecule has 0 bridgehead atoms. The van der Waals surface area contributed by atoms with Crippen molar-refractivity contribution in [3.05, 3.63) is 48.7 Å². The Morgan fingerprint density at radius 2 is 1.65 bits per heavy atom. The highest BCUT2D eigenvalue weighted by Crippen LogP contribution is 2.33. The first kappa shape index (κ1) is 15.1. The van der Waals surface area contributed by atoms with E-state index in [1.165, 1.54) is 0 Å². The summed E-state index contributed by atoms with van der Waals surface area (Å²) in [6, 6.07) is 14.0. The average molecular weight is 310 g/mol. The normalized spacial score (nSPS) is 10.5.